The molecule has 1 amide bonds. The highest BCUT2D eigenvalue weighted by molar-refractivity contribution is 5.94. The molecule has 116 valence electrons. The minimum Gasteiger partial charge on any atom is -0.465 e. The third-order valence-corrected chi connectivity index (χ3v) is 2.85. The van der Waals surface area contributed by atoms with Crippen LogP contribution in [0.3, 0.4) is 0 Å². The first-order valence-corrected chi connectivity index (χ1v) is 6.83. The normalized spacial score (nSPS) is 10.2. The van der Waals surface area contributed by atoms with E-state index in [0.29, 0.717) is 25.5 Å². The maximum absolute atomic E-state index is 12.5. The van der Waals surface area contributed by atoms with Crippen LogP contribution in [0.5, 0.6) is 0 Å². The van der Waals surface area contributed by atoms with Gasteiger partial charge in [0.15, 0.2) is 0 Å². The Morgan fingerprint density at radius 2 is 2.24 bits per heavy atom. The number of nitrogens with zero attached hydrogens (tertiary/aromatic N) is 2. The Bertz CT molecular complexity index is 482. The van der Waals surface area contributed by atoms with Crippen molar-refractivity contribution in [3.8, 4) is 0 Å². The second-order valence-corrected chi connectivity index (χ2v) is 4.36. The minimum absolute atomic E-state index is 0.0891. The van der Waals surface area contributed by atoms with Crippen LogP contribution in [-0.4, -0.2) is 54.8 Å². The molecular formula is C15H22N2O4. The van der Waals surface area contributed by atoms with Gasteiger partial charge in [-0.3, -0.25) is 9.59 Å². The van der Waals surface area contributed by atoms with Gasteiger partial charge in [-0.1, -0.05) is 6.08 Å². The molecule has 6 nitrogen and oxygen atoms in total. The van der Waals surface area contributed by atoms with Crippen molar-refractivity contribution in [1.82, 2.24) is 9.47 Å². The summed E-state index contributed by atoms with van der Waals surface area (Å²) in [6.07, 6.45) is 3.39. The van der Waals surface area contributed by atoms with Gasteiger partial charge in [0.2, 0.25) is 0 Å². The van der Waals surface area contributed by atoms with E-state index >= 15 is 0 Å². The molecule has 0 unspecified atom stereocenters. The fourth-order valence-electron chi connectivity index (χ4n) is 1.89. The van der Waals surface area contributed by atoms with Crippen LogP contribution in [0.2, 0.25) is 0 Å². The first kappa shape index (κ1) is 17.0. The minimum atomic E-state index is -0.428. The maximum Gasteiger partial charge on any atom is 0.325 e. The van der Waals surface area contributed by atoms with E-state index in [0.717, 1.165) is 0 Å². The van der Waals surface area contributed by atoms with Gasteiger partial charge >= 0.3 is 5.97 Å². The second kappa shape index (κ2) is 8.97. The molecule has 6 heteroatoms. The lowest BCUT2D eigenvalue weighted by molar-refractivity contribution is -0.143. The molecule has 0 N–H and O–H groups in total. The molecule has 0 spiro atoms. The Morgan fingerprint density at radius 1 is 1.48 bits per heavy atom. The fraction of sp³-hybridized carbons (Fsp3) is 0.467. The number of hydrogen-bond donors (Lipinski definition) is 0. The van der Waals surface area contributed by atoms with Crippen LogP contribution in [0, 0.1) is 0 Å². The number of amides is 1. The summed E-state index contributed by atoms with van der Waals surface area (Å²) in [4.78, 5) is 25.5. The van der Waals surface area contributed by atoms with Crippen LogP contribution in [0.25, 0.3) is 0 Å². The number of carbonyl (C=O) groups is 2. The van der Waals surface area contributed by atoms with Crippen molar-refractivity contribution < 1.29 is 19.1 Å². The summed E-state index contributed by atoms with van der Waals surface area (Å²) in [6.45, 7) is 6.92. The topological polar surface area (TPSA) is 60.8 Å². The highest BCUT2D eigenvalue weighted by Gasteiger charge is 2.20. The van der Waals surface area contributed by atoms with Crippen LogP contribution in [0.1, 0.15) is 17.4 Å². The van der Waals surface area contributed by atoms with Crippen LogP contribution in [0.15, 0.2) is 31.0 Å². The van der Waals surface area contributed by atoms with Gasteiger partial charge in [0.25, 0.3) is 5.91 Å². The highest BCUT2D eigenvalue weighted by Crippen LogP contribution is 2.08. The van der Waals surface area contributed by atoms with Gasteiger partial charge in [-0.05, 0) is 19.1 Å². The number of esters is 1. The third-order valence-electron chi connectivity index (χ3n) is 2.85. The van der Waals surface area contributed by atoms with Crippen molar-refractivity contribution >= 4 is 11.9 Å². The molecule has 0 bridgehead atoms. The van der Waals surface area contributed by atoms with Crippen LogP contribution >= 0.6 is 0 Å². The van der Waals surface area contributed by atoms with E-state index in [2.05, 4.69) is 6.58 Å². The van der Waals surface area contributed by atoms with Crippen molar-refractivity contribution in [3.63, 3.8) is 0 Å². The number of ether oxygens (including phenoxy) is 2. The molecule has 0 saturated heterocycles. The number of carbonyl (C=O) groups excluding carboxylic acids is 2. The molecule has 0 aliphatic carbocycles. The molecule has 0 fully saturated rings. The molecule has 21 heavy (non-hydrogen) atoms. The molecule has 1 aromatic heterocycles. The van der Waals surface area contributed by atoms with Crippen molar-refractivity contribution in [1.29, 1.82) is 0 Å². The van der Waals surface area contributed by atoms with Gasteiger partial charge in [0.05, 0.1) is 13.2 Å². The first-order chi connectivity index (χ1) is 10.1. The lowest BCUT2D eigenvalue weighted by Gasteiger charge is -2.21. The highest BCUT2D eigenvalue weighted by atomic mass is 16.5. The zero-order valence-electron chi connectivity index (χ0n) is 12.6. The molecule has 0 aromatic carbocycles. The van der Waals surface area contributed by atoms with E-state index in [4.69, 9.17) is 9.47 Å². The summed E-state index contributed by atoms with van der Waals surface area (Å²) in [7, 11) is 1.61. The number of hydrogen-bond acceptors (Lipinski definition) is 4. The van der Waals surface area contributed by atoms with Gasteiger partial charge < -0.3 is 18.9 Å². The monoisotopic (exact) mass is 294 g/mol. The predicted octanol–water partition coefficient (Wildman–Crippen LogP) is 1.33. The molecule has 1 aromatic rings. The fourth-order valence-corrected chi connectivity index (χ4v) is 1.89. The van der Waals surface area contributed by atoms with Gasteiger partial charge in [0.1, 0.15) is 12.2 Å². The molecule has 1 rings (SSSR count). The summed E-state index contributed by atoms with van der Waals surface area (Å²) in [5.41, 5.74) is 0.512. The van der Waals surface area contributed by atoms with Gasteiger partial charge in [-0.25, -0.2) is 0 Å². The Balaban J connectivity index is 2.82. The summed E-state index contributed by atoms with van der Waals surface area (Å²) >= 11 is 0. The molecule has 0 aliphatic rings. The van der Waals surface area contributed by atoms with E-state index in [-0.39, 0.29) is 19.0 Å². The van der Waals surface area contributed by atoms with E-state index < -0.39 is 5.97 Å². The molecule has 0 aliphatic heterocycles. The van der Waals surface area contributed by atoms with Crippen LogP contribution in [0.4, 0.5) is 0 Å². The van der Waals surface area contributed by atoms with Crippen LogP contribution in [-0.2, 0) is 20.8 Å². The van der Waals surface area contributed by atoms with Gasteiger partial charge in [0, 0.05) is 26.4 Å². The molecule has 0 saturated carbocycles. The van der Waals surface area contributed by atoms with Crippen molar-refractivity contribution in [2.45, 2.75) is 13.5 Å². The molecule has 0 atom stereocenters. The van der Waals surface area contributed by atoms with E-state index in [9.17, 15) is 9.59 Å². The smallest absolute Gasteiger partial charge is 0.325 e. The average Bonchev–Trinajstić information content (AvgIpc) is 2.92. The van der Waals surface area contributed by atoms with Crippen LogP contribution < -0.4 is 0 Å². The zero-order valence-corrected chi connectivity index (χ0v) is 12.6. The average molecular weight is 294 g/mol. The van der Waals surface area contributed by atoms with Crippen molar-refractivity contribution in [2.24, 2.45) is 0 Å². The van der Waals surface area contributed by atoms with E-state index in [1.165, 1.54) is 4.90 Å². The lowest BCUT2D eigenvalue weighted by atomic mass is 10.3. The number of aromatic nitrogens is 1. The van der Waals surface area contributed by atoms with E-state index in [1.54, 1.807) is 36.8 Å². The Kier molecular flexibility index (Phi) is 7.25. The van der Waals surface area contributed by atoms with Crippen molar-refractivity contribution in [2.75, 3.05) is 33.4 Å². The summed E-state index contributed by atoms with van der Waals surface area (Å²) in [6, 6.07) is 3.51. The number of methoxy groups -OCH3 is 1. The Labute approximate surface area is 124 Å². The standard InChI is InChI=1S/C15H22N2O4/c1-4-8-17(12-14(18)21-5-2)15(19)13-7-6-9-16(13)10-11-20-3/h4,6-7,9H,1,5,8,10-12H2,2-3H3. The predicted molar refractivity (Wildman–Crippen MR) is 79.0 cm³/mol. The SMILES string of the molecule is C=CCN(CC(=O)OCC)C(=O)c1cccn1CCOC. The molecular weight excluding hydrogens is 272 g/mol. The number of rotatable bonds is 9. The van der Waals surface area contributed by atoms with E-state index in [1.807, 2.05) is 6.20 Å². The van der Waals surface area contributed by atoms with Crippen molar-refractivity contribution in [3.05, 3.63) is 36.7 Å². The summed E-state index contributed by atoms with van der Waals surface area (Å²) in [5, 5.41) is 0. The first-order valence-electron chi connectivity index (χ1n) is 6.83. The maximum atomic E-state index is 12.5. The summed E-state index contributed by atoms with van der Waals surface area (Å²) in [5.74, 6) is -0.660. The Hall–Kier alpha value is -2.08. The largest absolute Gasteiger partial charge is 0.465 e. The quantitative estimate of drug-likeness (QED) is 0.509. The van der Waals surface area contributed by atoms with Gasteiger partial charge in [-0.2, -0.15) is 0 Å². The van der Waals surface area contributed by atoms with Gasteiger partial charge in [-0.15, -0.1) is 6.58 Å². The third kappa shape index (κ3) is 5.07. The zero-order chi connectivity index (χ0) is 15.7. The molecule has 1 heterocycles. The summed E-state index contributed by atoms with van der Waals surface area (Å²) < 4.78 is 11.7. The second-order valence-electron chi connectivity index (χ2n) is 4.36. The Morgan fingerprint density at radius 3 is 2.86 bits per heavy atom. The molecule has 0 radical (unpaired) electrons. The lowest BCUT2D eigenvalue weighted by Crippen LogP contribution is -2.37.